The van der Waals surface area contributed by atoms with Crippen LogP contribution < -0.4 is 10.1 Å². The molecule has 6 heteroatoms. The van der Waals surface area contributed by atoms with Crippen molar-refractivity contribution >= 4 is 5.69 Å². The first-order valence-corrected chi connectivity index (χ1v) is 6.20. The van der Waals surface area contributed by atoms with Crippen molar-refractivity contribution in [2.75, 3.05) is 25.1 Å². The van der Waals surface area contributed by atoms with Gasteiger partial charge in [0.05, 0.1) is 6.61 Å². The third-order valence-corrected chi connectivity index (χ3v) is 2.92. The van der Waals surface area contributed by atoms with E-state index in [4.69, 9.17) is 4.74 Å². The summed E-state index contributed by atoms with van der Waals surface area (Å²) in [6, 6.07) is 5.87. The van der Waals surface area contributed by atoms with Crippen LogP contribution in [0.1, 0.15) is 12.8 Å². The molecule has 0 radical (unpaired) electrons. The van der Waals surface area contributed by atoms with Crippen molar-refractivity contribution < 1.29 is 22.6 Å². The van der Waals surface area contributed by atoms with E-state index in [2.05, 4.69) is 10.1 Å². The van der Waals surface area contributed by atoms with E-state index in [1.54, 1.807) is 6.07 Å². The predicted molar refractivity (Wildman–Crippen MR) is 65.2 cm³/mol. The number of alkyl halides is 3. The molecule has 2 rings (SSSR count). The number of hydrogen-bond donors (Lipinski definition) is 1. The highest BCUT2D eigenvalue weighted by Crippen LogP contribution is 2.25. The first-order valence-electron chi connectivity index (χ1n) is 6.20. The van der Waals surface area contributed by atoms with Crippen LogP contribution in [0.2, 0.25) is 0 Å². The summed E-state index contributed by atoms with van der Waals surface area (Å²) < 4.78 is 45.5. The van der Waals surface area contributed by atoms with Gasteiger partial charge in [-0.1, -0.05) is 6.07 Å². The van der Waals surface area contributed by atoms with E-state index < -0.39 is 6.36 Å². The topological polar surface area (TPSA) is 30.5 Å². The Balaban J connectivity index is 1.87. The molecule has 1 heterocycles. The number of halogens is 3. The number of rotatable bonds is 4. The molecule has 1 N–H and O–H groups in total. The summed E-state index contributed by atoms with van der Waals surface area (Å²) in [7, 11) is 0. The minimum Gasteiger partial charge on any atom is -0.406 e. The lowest BCUT2D eigenvalue weighted by Gasteiger charge is -2.22. The molecule has 0 spiro atoms. The van der Waals surface area contributed by atoms with Crippen LogP contribution in [-0.2, 0) is 4.74 Å². The Kier molecular flexibility index (Phi) is 4.52. The number of ether oxygens (including phenoxy) is 2. The molecule has 3 nitrogen and oxygen atoms in total. The van der Waals surface area contributed by atoms with E-state index in [0.29, 0.717) is 24.8 Å². The van der Waals surface area contributed by atoms with Crippen LogP contribution >= 0.6 is 0 Å². The third-order valence-electron chi connectivity index (χ3n) is 2.92. The molecule has 0 saturated carbocycles. The summed E-state index contributed by atoms with van der Waals surface area (Å²) in [4.78, 5) is 0. The number of nitrogens with one attached hydrogen (secondary N) is 1. The SMILES string of the molecule is FC(F)(F)Oc1cccc(NCC2CCCOC2)c1. The molecule has 1 fully saturated rings. The van der Waals surface area contributed by atoms with Gasteiger partial charge in [0.15, 0.2) is 0 Å². The van der Waals surface area contributed by atoms with E-state index in [-0.39, 0.29) is 5.75 Å². The molecule has 19 heavy (non-hydrogen) atoms. The lowest BCUT2D eigenvalue weighted by atomic mass is 10.0. The molecule has 0 aromatic heterocycles. The van der Waals surface area contributed by atoms with Crippen molar-refractivity contribution in [1.29, 1.82) is 0 Å². The molecule has 1 aromatic carbocycles. The Morgan fingerprint density at radius 3 is 2.89 bits per heavy atom. The van der Waals surface area contributed by atoms with Gasteiger partial charge in [0.2, 0.25) is 0 Å². The Morgan fingerprint density at radius 1 is 1.37 bits per heavy atom. The van der Waals surface area contributed by atoms with Crippen LogP contribution in [0, 0.1) is 5.92 Å². The average Bonchev–Trinajstić information content (AvgIpc) is 2.36. The molecule has 1 saturated heterocycles. The summed E-state index contributed by atoms with van der Waals surface area (Å²) >= 11 is 0. The number of anilines is 1. The van der Waals surface area contributed by atoms with Crippen LogP contribution in [-0.4, -0.2) is 26.1 Å². The molecule has 106 valence electrons. The number of hydrogen-bond acceptors (Lipinski definition) is 3. The maximum atomic E-state index is 12.1. The highest BCUT2D eigenvalue weighted by molar-refractivity contribution is 5.48. The van der Waals surface area contributed by atoms with Crippen LogP contribution in [0.3, 0.4) is 0 Å². The summed E-state index contributed by atoms with van der Waals surface area (Å²) in [5.41, 5.74) is 0.618. The Labute approximate surface area is 109 Å². The first-order chi connectivity index (χ1) is 9.03. The molecular weight excluding hydrogens is 259 g/mol. The molecule has 1 atom stereocenters. The fraction of sp³-hybridized carbons (Fsp3) is 0.538. The predicted octanol–water partition coefficient (Wildman–Crippen LogP) is 3.42. The lowest BCUT2D eigenvalue weighted by Crippen LogP contribution is -2.24. The molecular formula is C13H16F3NO2. The van der Waals surface area contributed by atoms with E-state index in [1.807, 2.05) is 0 Å². The van der Waals surface area contributed by atoms with Gasteiger partial charge in [0.1, 0.15) is 5.75 Å². The zero-order valence-corrected chi connectivity index (χ0v) is 10.4. The second-order valence-corrected chi connectivity index (χ2v) is 4.54. The molecule has 1 aliphatic heterocycles. The van der Waals surface area contributed by atoms with Crippen LogP contribution in [0.15, 0.2) is 24.3 Å². The molecule has 1 unspecified atom stereocenters. The lowest BCUT2D eigenvalue weighted by molar-refractivity contribution is -0.274. The smallest absolute Gasteiger partial charge is 0.406 e. The molecule has 1 aliphatic rings. The van der Waals surface area contributed by atoms with Gasteiger partial charge in [0.25, 0.3) is 0 Å². The van der Waals surface area contributed by atoms with Gasteiger partial charge in [-0.15, -0.1) is 13.2 Å². The van der Waals surface area contributed by atoms with Crippen molar-refractivity contribution in [2.24, 2.45) is 5.92 Å². The third kappa shape index (κ3) is 4.98. The van der Waals surface area contributed by atoms with Crippen molar-refractivity contribution in [3.8, 4) is 5.75 Å². The number of benzene rings is 1. The zero-order chi connectivity index (χ0) is 13.7. The minimum atomic E-state index is -4.66. The molecule has 0 bridgehead atoms. The van der Waals surface area contributed by atoms with Crippen molar-refractivity contribution in [3.05, 3.63) is 24.3 Å². The molecule has 0 aliphatic carbocycles. The quantitative estimate of drug-likeness (QED) is 0.913. The van der Waals surface area contributed by atoms with Gasteiger partial charge < -0.3 is 14.8 Å². The van der Waals surface area contributed by atoms with E-state index in [9.17, 15) is 13.2 Å². The second-order valence-electron chi connectivity index (χ2n) is 4.54. The van der Waals surface area contributed by atoms with E-state index in [1.165, 1.54) is 18.2 Å². The van der Waals surface area contributed by atoms with Gasteiger partial charge in [-0.05, 0) is 30.9 Å². The fourth-order valence-corrected chi connectivity index (χ4v) is 2.03. The second kappa shape index (κ2) is 6.14. The van der Waals surface area contributed by atoms with Gasteiger partial charge in [-0.25, -0.2) is 0 Å². The normalized spacial score (nSPS) is 20.1. The highest BCUT2D eigenvalue weighted by atomic mass is 19.4. The standard InChI is InChI=1S/C13H16F3NO2/c14-13(15,16)19-12-5-1-4-11(7-12)17-8-10-3-2-6-18-9-10/h1,4-5,7,10,17H,2-3,6,8-9H2. The highest BCUT2D eigenvalue weighted by Gasteiger charge is 2.31. The maximum Gasteiger partial charge on any atom is 0.573 e. The Bertz CT molecular complexity index is 403. The van der Waals surface area contributed by atoms with Crippen molar-refractivity contribution in [3.63, 3.8) is 0 Å². The van der Waals surface area contributed by atoms with Crippen molar-refractivity contribution in [2.45, 2.75) is 19.2 Å². The van der Waals surface area contributed by atoms with Crippen LogP contribution in [0.5, 0.6) is 5.75 Å². The summed E-state index contributed by atoms with van der Waals surface area (Å²) in [6.45, 7) is 2.19. The molecule has 0 amide bonds. The van der Waals surface area contributed by atoms with Gasteiger partial charge in [-0.2, -0.15) is 0 Å². The fourth-order valence-electron chi connectivity index (χ4n) is 2.03. The maximum absolute atomic E-state index is 12.1. The van der Waals surface area contributed by atoms with Gasteiger partial charge >= 0.3 is 6.36 Å². The van der Waals surface area contributed by atoms with E-state index in [0.717, 1.165) is 19.4 Å². The van der Waals surface area contributed by atoms with Crippen LogP contribution in [0.4, 0.5) is 18.9 Å². The van der Waals surface area contributed by atoms with E-state index >= 15 is 0 Å². The Hall–Kier alpha value is -1.43. The average molecular weight is 275 g/mol. The summed E-state index contributed by atoms with van der Waals surface area (Å²) in [6.07, 6.45) is -2.55. The summed E-state index contributed by atoms with van der Waals surface area (Å²) in [5.74, 6) is 0.193. The zero-order valence-electron chi connectivity index (χ0n) is 10.4. The molecule has 1 aromatic rings. The van der Waals surface area contributed by atoms with Gasteiger partial charge in [-0.3, -0.25) is 0 Å². The van der Waals surface area contributed by atoms with Crippen LogP contribution in [0.25, 0.3) is 0 Å². The first kappa shape index (κ1) is 14.0. The Morgan fingerprint density at radius 2 is 2.21 bits per heavy atom. The largest absolute Gasteiger partial charge is 0.573 e. The van der Waals surface area contributed by atoms with Gasteiger partial charge in [0, 0.05) is 24.9 Å². The van der Waals surface area contributed by atoms with Crippen molar-refractivity contribution in [1.82, 2.24) is 0 Å². The monoisotopic (exact) mass is 275 g/mol. The minimum absolute atomic E-state index is 0.211. The summed E-state index contributed by atoms with van der Waals surface area (Å²) in [5, 5.41) is 3.11.